The van der Waals surface area contributed by atoms with Gasteiger partial charge in [-0.2, -0.15) is 0 Å². The van der Waals surface area contributed by atoms with E-state index in [-0.39, 0.29) is 17.1 Å². The minimum atomic E-state index is -1.78. The third kappa shape index (κ3) is 4.55. The van der Waals surface area contributed by atoms with Crippen molar-refractivity contribution in [2.24, 2.45) is 11.8 Å². The second-order valence-corrected chi connectivity index (χ2v) is 11.5. The van der Waals surface area contributed by atoms with Crippen LogP contribution in [0.1, 0.15) is 48.0 Å². The second kappa shape index (κ2) is 6.14. The lowest BCUT2D eigenvalue weighted by atomic mass is 9.93. The van der Waals surface area contributed by atoms with Gasteiger partial charge >= 0.3 is 0 Å². The first-order chi connectivity index (χ1) is 7.56. The molecule has 0 aliphatic heterocycles. The van der Waals surface area contributed by atoms with Crippen LogP contribution in [0.15, 0.2) is 0 Å². The molecule has 0 aliphatic rings. The van der Waals surface area contributed by atoms with Crippen molar-refractivity contribution in [3.05, 3.63) is 0 Å². The summed E-state index contributed by atoms with van der Waals surface area (Å²) >= 11 is 0. The molecule has 0 amide bonds. The van der Waals surface area contributed by atoms with Crippen molar-refractivity contribution in [2.45, 2.75) is 72.2 Å². The van der Waals surface area contributed by atoms with Crippen molar-refractivity contribution >= 4 is 14.6 Å². The van der Waals surface area contributed by atoms with Gasteiger partial charge in [0.1, 0.15) is 6.29 Å². The number of carbonyl (C=O) groups excluding carboxylic acids is 1. The Kier molecular flexibility index (Phi) is 6.09. The van der Waals surface area contributed by atoms with Gasteiger partial charge in [-0.05, 0) is 24.1 Å². The molecule has 0 rings (SSSR count). The van der Waals surface area contributed by atoms with Crippen molar-refractivity contribution in [3.8, 4) is 0 Å². The molecule has 0 saturated heterocycles. The van der Waals surface area contributed by atoms with Crippen LogP contribution in [0, 0.1) is 11.8 Å². The molecule has 0 radical (unpaired) electrons. The van der Waals surface area contributed by atoms with Gasteiger partial charge in [0.05, 0.1) is 6.10 Å². The molecule has 0 N–H and O–H groups in total. The monoisotopic (exact) mass is 258 g/mol. The van der Waals surface area contributed by atoms with E-state index >= 15 is 0 Å². The number of aldehydes is 1. The van der Waals surface area contributed by atoms with Gasteiger partial charge in [-0.1, -0.05) is 48.0 Å². The Labute approximate surface area is 108 Å². The molecular weight excluding hydrogens is 228 g/mol. The van der Waals surface area contributed by atoms with Gasteiger partial charge in [-0.3, -0.25) is 0 Å². The number of hydrogen-bond donors (Lipinski definition) is 0. The fourth-order valence-electron chi connectivity index (χ4n) is 1.57. The standard InChI is InChI=1S/C14H30O2Si/c1-9-11(2)13(12(3)10-15)16-17(7,8)14(4,5)6/h10-13H,9H2,1-8H3/t11-,12+,13+/m0/s1. The maximum Gasteiger partial charge on any atom is 0.192 e. The van der Waals surface area contributed by atoms with Gasteiger partial charge in [0.25, 0.3) is 0 Å². The van der Waals surface area contributed by atoms with Crippen LogP contribution in [0.5, 0.6) is 0 Å². The highest BCUT2D eigenvalue weighted by Crippen LogP contribution is 2.39. The van der Waals surface area contributed by atoms with Gasteiger partial charge in [-0.15, -0.1) is 0 Å². The molecule has 0 spiro atoms. The van der Waals surface area contributed by atoms with E-state index in [2.05, 4.69) is 47.7 Å². The van der Waals surface area contributed by atoms with E-state index in [1.165, 1.54) is 0 Å². The number of rotatable bonds is 6. The molecule has 17 heavy (non-hydrogen) atoms. The highest BCUT2D eigenvalue weighted by Gasteiger charge is 2.41. The molecule has 0 aromatic heterocycles. The number of hydrogen-bond acceptors (Lipinski definition) is 2. The summed E-state index contributed by atoms with van der Waals surface area (Å²) in [6.07, 6.45) is 2.15. The third-order valence-corrected chi connectivity index (χ3v) is 8.65. The van der Waals surface area contributed by atoms with Crippen LogP contribution in [0.25, 0.3) is 0 Å². The molecule has 102 valence electrons. The van der Waals surface area contributed by atoms with Crippen molar-refractivity contribution in [1.82, 2.24) is 0 Å². The Morgan fingerprint density at radius 2 is 1.71 bits per heavy atom. The molecule has 0 aliphatic carbocycles. The average molecular weight is 258 g/mol. The van der Waals surface area contributed by atoms with Crippen LogP contribution in [0.4, 0.5) is 0 Å². The van der Waals surface area contributed by atoms with E-state index < -0.39 is 8.32 Å². The normalized spacial score (nSPS) is 18.6. The predicted octanol–water partition coefficient (Wildman–Crippen LogP) is 4.26. The Morgan fingerprint density at radius 1 is 1.24 bits per heavy atom. The van der Waals surface area contributed by atoms with E-state index in [0.717, 1.165) is 12.7 Å². The summed E-state index contributed by atoms with van der Waals surface area (Å²) in [4.78, 5) is 11.0. The fraction of sp³-hybridized carbons (Fsp3) is 0.929. The second-order valence-electron chi connectivity index (χ2n) is 6.72. The largest absolute Gasteiger partial charge is 0.413 e. The van der Waals surface area contributed by atoms with Gasteiger partial charge in [-0.25, -0.2) is 0 Å². The van der Waals surface area contributed by atoms with Crippen LogP contribution < -0.4 is 0 Å². The summed E-state index contributed by atoms with van der Waals surface area (Å²) in [7, 11) is -1.78. The predicted molar refractivity (Wildman–Crippen MR) is 76.8 cm³/mol. The highest BCUT2D eigenvalue weighted by molar-refractivity contribution is 6.74. The molecule has 2 nitrogen and oxygen atoms in total. The Bertz CT molecular complexity index is 243. The van der Waals surface area contributed by atoms with Crippen molar-refractivity contribution in [2.75, 3.05) is 0 Å². The first-order valence-corrected chi connectivity index (χ1v) is 9.60. The van der Waals surface area contributed by atoms with Crippen LogP contribution in [-0.4, -0.2) is 20.7 Å². The first-order valence-electron chi connectivity index (χ1n) is 6.70. The fourth-order valence-corrected chi connectivity index (χ4v) is 3.05. The minimum Gasteiger partial charge on any atom is -0.413 e. The molecule has 0 heterocycles. The van der Waals surface area contributed by atoms with Gasteiger partial charge < -0.3 is 9.22 Å². The van der Waals surface area contributed by atoms with Crippen LogP contribution in [0.3, 0.4) is 0 Å². The minimum absolute atomic E-state index is 0.0147. The van der Waals surface area contributed by atoms with Crippen LogP contribution in [-0.2, 0) is 9.22 Å². The lowest BCUT2D eigenvalue weighted by Gasteiger charge is -2.42. The van der Waals surface area contributed by atoms with E-state index in [1.807, 2.05) is 6.92 Å². The van der Waals surface area contributed by atoms with Crippen LogP contribution >= 0.6 is 0 Å². The highest BCUT2D eigenvalue weighted by atomic mass is 28.4. The van der Waals surface area contributed by atoms with Gasteiger partial charge in [0.2, 0.25) is 0 Å². The lowest BCUT2D eigenvalue weighted by Crippen LogP contribution is -2.47. The summed E-state index contributed by atoms with van der Waals surface area (Å²) in [5.74, 6) is 0.420. The Morgan fingerprint density at radius 3 is 2.00 bits per heavy atom. The summed E-state index contributed by atoms with van der Waals surface area (Å²) in [5, 5.41) is 0.196. The molecule has 0 saturated carbocycles. The quantitative estimate of drug-likeness (QED) is 0.525. The summed E-state index contributed by atoms with van der Waals surface area (Å²) < 4.78 is 6.42. The maximum absolute atomic E-state index is 11.0. The van der Waals surface area contributed by atoms with Crippen molar-refractivity contribution in [1.29, 1.82) is 0 Å². The van der Waals surface area contributed by atoms with Gasteiger partial charge in [0, 0.05) is 5.92 Å². The molecular formula is C14H30O2Si. The van der Waals surface area contributed by atoms with E-state index in [0.29, 0.717) is 5.92 Å². The summed E-state index contributed by atoms with van der Waals surface area (Å²) in [6.45, 7) is 17.5. The number of carbonyl (C=O) groups is 1. The van der Waals surface area contributed by atoms with Crippen molar-refractivity contribution in [3.63, 3.8) is 0 Å². The van der Waals surface area contributed by atoms with E-state index in [9.17, 15) is 4.79 Å². The maximum atomic E-state index is 11.0. The average Bonchev–Trinajstić information content (AvgIpc) is 2.22. The van der Waals surface area contributed by atoms with E-state index in [4.69, 9.17) is 4.43 Å². The smallest absolute Gasteiger partial charge is 0.192 e. The molecule has 3 heteroatoms. The van der Waals surface area contributed by atoms with Crippen LogP contribution in [0.2, 0.25) is 18.1 Å². The van der Waals surface area contributed by atoms with E-state index in [1.54, 1.807) is 0 Å². The Balaban J connectivity index is 4.93. The third-order valence-electron chi connectivity index (χ3n) is 4.17. The summed E-state index contributed by atoms with van der Waals surface area (Å²) in [5.41, 5.74) is 0. The molecule has 0 bridgehead atoms. The Hall–Kier alpha value is -0.153. The molecule has 0 aromatic rings. The molecule has 3 atom stereocenters. The zero-order valence-corrected chi connectivity index (χ0v) is 13.8. The lowest BCUT2D eigenvalue weighted by molar-refractivity contribution is -0.114. The molecule has 0 unspecified atom stereocenters. The van der Waals surface area contributed by atoms with Crippen molar-refractivity contribution < 1.29 is 9.22 Å². The first kappa shape index (κ1) is 16.8. The topological polar surface area (TPSA) is 26.3 Å². The molecule has 0 aromatic carbocycles. The zero-order valence-electron chi connectivity index (χ0n) is 12.8. The SMILES string of the molecule is CC[C@H](C)[C@@H](O[Si](C)(C)C(C)(C)C)[C@H](C)C=O. The van der Waals surface area contributed by atoms with Gasteiger partial charge in [0.15, 0.2) is 8.32 Å². The zero-order chi connectivity index (χ0) is 13.9. The summed E-state index contributed by atoms with van der Waals surface area (Å²) in [6, 6.07) is 0. The molecule has 0 fully saturated rings.